The van der Waals surface area contributed by atoms with Crippen molar-refractivity contribution >= 4 is 22.8 Å². The van der Waals surface area contributed by atoms with E-state index in [0.29, 0.717) is 17.1 Å². The number of nitrogen functional groups attached to an aromatic ring is 1. The van der Waals surface area contributed by atoms with Crippen LogP contribution >= 0.6 is 11.3 Å². The smallest absolute Gasteiger partial charge is 0.150 e. The van der Waals surface area contributed by atoms with E-state index in [1.54, 1.807) is 23.6 Å². The maximum absolute atomic E-state index is 8.90. The van der Waals surface area contributed by atoms with Crippen LogP contribution in [-0.4, -0.2) is 11.0 Å². The largest absolute Gasteiger partial charge is 0.395 e. The summed E-state index contributed by atoms with van der Waals surface area (Å²) in [7, 11) is 0. The normalized spacial score (nSPS) is 11.8. The second kappa shape index (κ2) is 5.52. The van der Waals surface area contributed by atoms with E-state index in [1.807, 2.05) is 6.07 Å². The van der Waals surface area contributed by atoms with E-state index < -0.39 is 0 Å². The molecule has 0 aromatic carbocycles. The summed E-state index contributed by atoms with van der Waals surface area (Å²) in [6, 6.07) is 8.02. The third-order valence-electron chi connectivity index (χ3n) is 2.58. The fourth-order valence-corrected chi connectivity index (χ4v) is 2.54. The molecule has 1 unspecified atom stereocenters. The molecule has 3 N–H and O–H groups in total. The zero-order valence-corrected chi connectivity index (χ0v) is 10.9. The first-order valence-corrected chi connectivity index (χ1v) is 6.52. The molecule has 2 rings (SSSR count). The fraction of sp³-hybridized carbons (Fsp3) is 0.231. The van der Waals surface area contributed by atoms with Crippen LogP contribution in [0.25, 0.3) is 0 Å². The van der Waals surface area contributed by atoms with E-state index in [2.05, 4.69) is 34.7 Å². The van der Waals surface area contributed by atoms with Gasteiger partial charge >= 0.3 is 0 Å². The Hall–Kier alpha value is -2.06. The lowest BCUT2D eigenvalue weighted by molar-refractivity contribution is 0.795. The molecule has 1 atom stereocenters. The highest BCUT2D eigenvalue weighted by atomic mass is 32.1. The van der Waals surface area contributed by atoms with Crippen molar-refractivity contribution in [3.63, 3.8) is 0 Å². The van der Waals surface area contributed by atoms with E-state index in [0.717, 1.165) is 6.42 Å². The molecular formula is C13H14N4S. The number of rotatable bonds is 4. The summed E-state index contributed by atoms with van der Waals surface area (Å²) in [5.41, 5.74) is 6.74. The quantitative estimate of drug-likeness (QED) is 0.884. The number of anilines is 2. The van der Waals surface area contributed by atoms with Gasteiger partial charge in [0, 0.05) is 23.5 Å². The molecule has 2 heterocycles. The van der Waals surface area contributed by atoms with E-state index >= 15 is 0 Å². The predicted molar refractivity (Wildman–Crippen MR) is 74.5 cm³/mol. The van der Waals surface area contributed by atoms with Crippen LogP contribution in [0.1, 0.15) is 17.4 Å². The van der Waals surface area contributed by atoms with Gasteiger partial charge in [0.2, 0.25) is 0 Å². The van der Waals surface area contributed by atoms with Gasteiger partial charge in [-0.25, -0.2) is 4.98 Å². The van der Waals surface area contributed by atoms with Crippen LogP contribution in [0.2, 0.25) is 0 Å². The van der Waals surface area contributed by atoms with Crippen molar-refractivity contribution < 1.29 is 0 Å². The number of nitrogens with two attached hydrogens (primary N) is 1. The molecule has 0 radical (unpaired) electrons. The first-order chi connectivity index (χ1) is 8.70. The minimum Gasteiger partial charge on any atom is -0.395 e. The lowest BCUT2D eigenvalue weighted by atomic mass is 10.2. The van der Waals surface area contributed by atoms with Crippen molar-refractivity contribution in [2.24, 2.45) is 0 Å². The number of aromatic nitrogens is 1. The van der Waals surface area contributed by atoms with Crippen LogP contribution in [0.15, 0.2) is 29.8 Å². The molecule has 2 aromatic heterocycles. The number of nitriles is 1. The molecule has 0 bridgehead atoms. The van der Waals surface area contributed by atoms with Crippen molar-refractivity contribution in [1.82, 2.24) is 4.98 Å². The van der Waals surface area contributed by atoms with Crippen molar-refractivity contribution in [2.75, 3.05) is 11.1 Å². The standard InChI is InChI=1S/C13H14N4S/c1-9(7-11-3-2-6-18-11)17-13-12(15)10(8-14)4-5-16-13/h2-6,9H,7,15H2,1H3,(H,16,17). The van der Waals surface area contributed by atoms with Crippen LogP contribution in [-0.2, 0) is 6.42 Å². The fourth-order valence-electron chi connectivity index (χ4n) is 1.70. The van der Waals surface area contributed by atoms with Gasteiger partial charge in [0.25, 0.3) is 0 Å². The van der Waals surface area contributed by atoms with Crippen LogP contribution < -0.4 is 11.1 Å². The Morgan fingerprint density at radius 3 is 3.06 bits per heavy atom. The molecule has 2 aromatic rings. The van der Waals surface area contributed by atoms with Crippen molar-refractivity contribution in [3.8, 4) is 6.07 Å². The van der Waals surface area contributed by atoms with Gasteiger partial charge in [-0.05, 0) is 24.4 Å². The van der Waals surface area contributed by atoms with Gasteiger partial charge in [-0.3, -0.25) is 0 Å². The lowest BCUT2D eigenvalue weighted by Crippen LogP contribution is -2.19. The number of hydrogen-bond acceptors (Lipinski definition) is 5. The molecule has 5 heteroatoms. The molecule has 0 aliphatic carbocycles. The average Bonchev–Trinajstić information content (AvgIpc) is 2.84. The minimum atomic E-state index is 0.215. The molecule has 0 saturated carbocycles. The molecule has 18 heavy (non-hydrogen) atoms. The van der Waals surface area contributed by atoms with Crippen LogP contribution in [0.4, 0.5) is 11.5 Å². The van der Waals surface area contributed by atoms with Gasteiger partial charge < -0.3 is 11.1 Å². The monoisotopic (exact) mass is 258 g/mol. The summed E-state index contributed by atoms with van der Waals surface area (Å²) in [5.74, 6) is 0.582. The SMILES string of the molecule is CC(Cc1cccs1)Nc1nccc(C#N)c1N. The molecule has 0 spiro atoms. The summed E-state index contributed by atoms with van der Waals surface area (Å²) in [4.78, 5) is 5.48. The second-order valence-electron chi connectivity index (χ2n) is 4.06. The molecule has 0 amide bonds. The highest BCUT2D eigenvalue weighted by Gasteiger charge is 2.10. The third-order valence-corrected chi connectivity index (χ3v) is 3.48. The first kappa shape index (κ1) is 12.4. The van der Waals surface area contributed by atoms with Crippen LogP contribution in [0.5, 0.6) is 0 Å². The van der Waals surface area contributed by atoms with Gasteiger partial charge in [-0.15, -0.1) is 11.3 Å². The summed E-state index contributed by atoms with van der Waals surface area (Å²) in [6.07, 6.45) is 2.50. The van der Waals surface area contributed by atoms with Crippen LogP contribution in [0.3, 0.4) is 0 Å². The molecule has 0 saturated heterocycles. The maximum atomic E-state index is 8.90. The zero-order valence-electron chi connectivity index (χ0n) is 10.1. The minimum absolute atomic E-state index is 0.215. The number of pyridine rings is 1. The third kappa shape index (κ3) is 2.79. The van der Waals surface area contributed by atoms with Crippen LogP contribution in [0, 0.1) is 11.3 Å². The molecule has 92 valence electrons. The number of nitrogens with one attached hydrogen (secondary N) is 1. The molecule has 0 aliphatic heterocycles. The second-order valence-corrected chi connectivity index (χ2v) is 5.09. The van der Waals surface area contributed by atoms with E-state index in [1.165, 1.54) is 4.88 Å². The highest BCUT2D eigenvalue weighted by Crippen LogP contribution is 2.21. The summed E-state index contributed by atoms with van der Waals surface area (Å²) >= 11 is 1.73. The highest BCUT2D eigenvalue weighted by molar-refractivity contribution is 7.09. The van der Waals surface area contributed by atoms with E-state index in [9.17, 15) is 0 Å². The van der Waals surface area contributed by atoms with E-state index in [4.69, 9.17) is 11.0 Å². The van der Waals surface area contributed by atoms with Gasteiger partial charge in [0.15, 0.2) is 5.82 Å². The Labute approximate surface area is 110 Å². The summed E-state index contributed by atoms with van der Waals surface area (Å²) in [6.45, 7) is 2.07. The predicted octanol–water partition coefficient (Wildman–Crippen LogP) is 2.64. The Kier molecular flexibility index (Phi) is 3.80. The van der Waals surface area contributed by atoms with Gasteiger partial charge in [0.1, 0.15) is 6.07 Å². The Bertz CT molecular complexity index is 557. The number of nitrogens with zero attached hydrogens (tertiary/aromatic N) is 2. The maximum Gasteiger partial charge on any atom is 0.150 e. The zero-order chi connectivity index (χ0) is 13.0. The first-order valence-electron chi connectivity index (χ1n) is 5.64. The number of hydrogen-bond donors (Lipinski definition) is 2. The molecule has 0 aliphatic rings. The average molecular weight is 258 g/mol. The van der Waals surface area contributed by atoms with Crippen molar-refractivity contribution in [2.45, 2.75) is 19.4 Å². The molecule has 0 fully saturated rings. The van der Waals surface area contributed by atoms with Crippen molar-refractivity contribution in [1.29, 1.82) is 5.26 Å². The lowest BCUT2D eigenvalue weighted by Gasteiger charge is -2.15. The Balaban J connectivity index is 2.08. The van der Waals surface area contributed by atoms with Gasteiger partial charge in [-0.1, -0.05) is 6.07 Å². The van der Waals surface area contributed by atoms with Gasteiger partial charge in [-0.2, -0.15) is 5.26 Å². The Morgan fingerprint density at radius 2 is 2.39 bits per heavy atom. The Morgan fingerprint density at radius 1 is 1.56 bits per heavy atom. The number of thiophene rings is 1. The van der Waals surface area contributed by atoms with Crippen molar-refractivity contribution in [3.05, 3.63) is 40.2 Å². The summed E-state index contributed by atoms with van der Waals surface area (Å²) < 4.78 is 0. The molecule has 4 nitrogen and oxygen atoms in total. The molecular weight excluding hydrogens is 244 g/mol. The topological polar surface area (TPSA) is 74.7 Å². The summed E-state index contributed by atoms with van der Waals surface area (Å²) in [5, 5.41) is 14.2. The van der Waals surface area contributed by atoms with E-state index in [-0.39, 0.29) is 6.04 Å². The van der Waals surface area contributed by atoms with Gasteiger partial charge in [0.05, 0.1) is 11.3 Å².